The molecule has 3 aromatic rings. The Hall–Kier alpha value is -3.71. The second-order valence-electron chi connectivity index (χ2n) is 8.68. The SMILES string of the molecule is CC(C)C[C@@H](NC(=O)/C(=C/c1ccc(Br)cc1)NC(=O)c1ccccc1)C(=O)OCc1ccccc1. The molecule has 0 fully saturated rings. The molecule has 0 saturated heterocycles. The molecule has 0 spiro atoms. The van der Waals surface area contributed by atoms with Crippen LogP contribution in [-0.4, -0.2) is 23.8 Å². The Labute approximate surface area is 219 Å². The Kier molecular flexibility index (Phi) is 10.0. The average molecular weight is 549 g/mol. The van der Waals surface area contributed by atoms with Gasteiger partial charge in [-0.3, -0.25) is 9.59 Å². The fraction of sp³-hybridized carbons (Fsp3) is 0.207. The number of benzene rings is 3. The number of hydrogen-bond donors (Lipinski definition) is 2. The van der Waals surface area contributed by atoms with Crippen LogP contribution >= 0.6 is 15.9 Å². The molecular formula is C29H29BrN2O4. The average Bonchev–Trinajstić information content (AvgIpc) is 2.88. The van der Waals surface area contributed by atoms with E-state index in [0.29, 0.717) is 17.5 Å². The first-order valence-corrected chi connectivity index (χ1v) is 12.5. The van der Waals surface area contributed by atoms with Gasteiger partial charge in [-0.1, -0.05) is 90.4 Å². The predicted octanol–water partition coefficient (Wildman–Crippen LogP) is 5.49. The third kappa shape index (κ3) is 8.50. The normalized spacial score (nSPS) is 12.1. The first-order valence-electron chi connectivity index (χ1n) is 11.7. The van der Waals surface area contributed by atoms with Crippen LogP contribution in [0.25, 0.3) is 6.08 Å². The molecule has 1 atom stereocenters. The summed E-state index contributed by atoms with van der Waals surface area (Å²) in [4.78, 5) is 39.1. The number of carbonyl (C=O) groups excluding carboxylic acids is 3. The second-order valence-corrected chi connectivity index (χ2v) is 9.59. The van der Waals surface area contributed by atoms with Gasteiger partial charge in [0.15, 0.2) is 0 Å². The highest BCUT2D eigenvalue weighted by Crippen LogP contribution is 2.14. The molecule has 186 valence electrons. The van der Waals surface area contributed by atoms with Crippen molar-refractivity contribution in [1.82, 2.24) is 10.6 Å². The van der Waals surface area contributed by atoms with Crippen molar-refractivity contribution in [3.8, 4) is 0 Å². The van der Waals surface area contributed by atoms with E-state index in [-0.39, 0.29) is 18.2 Å². The van der Waals surface area contributed by atoms with Crippen molar-refractivity contribution >= 4 is 39.8 Å². The van der Waals surface area contributed by atoms with Crippen LogP contribution in [-0.2, 0) is 20.9 Å². The van der Waals surface area contributed by atoms with Crippen LogP contribution in [0.15, 0.2) is 95.1 Å². The van der Waals surface area contributed by atoms with Gasteiger partial charge in [-0.15, -0.1) is 0 Å². The summed E-state index contributed by atoms with van der Waals surface area (Å²) in [5.74, 6) is -1.42. The molecule has 36 heavy (non-hydrogen) atoms. The summed E-state index contributed by atoms with van der Waals surface area (Å²) in [6.07, 6.45) is 1.96. The summed E-state index contributed by atoms with van der Waals surface area (Å²) in [5, 5.41) is 5.47. The van der Waals surface area contributed by atoms with Gasteiger partial charge < -0.3 is 15.4 Å². The van der Waals surface area contributed by atoms with Gasteiger partial charge in [0.1, 0.15) is 18.3 Å². The zero-order valence-corrected chi connectivity index (χ0v) is 21.8. The number of amides is 2. The number of halogens is 1. The maximum Gasteiger partial charge on any atom is 0.328 e. The van der Waals surface area contributed by atoms with Gasteiger partial charge in [-0.25, -0.2) is 4.79 Å². The van der Waals surface area contributed by atoms with Crippen LogP contribution in [0.2, 0.25) is 0 Å². The Morgan fingerprint density at radius 1 is 0.889 bits per heavy atom. The van der Waals surface area contributed by atoms with E-state index >= 15 is 0 Å². The van der Waals surface area contributed by atoms with E-state index in [4.69, 9.17) is 4.74 Å². The number of carbonyl (C=O) groups is 3. The van der Waals surface area contributed by atoms with Crippen LogP contribution in [0.5, 0.6) is 0 Å². The standard InChI is InChI=1S/C29H29BrN2O4/c1-20(2)17-26(29(35)36-19-22-9-5-3-6-10-22)32-28(34)25(18-21-13-15-24(30)16-14-21)31-27(33)23-11-7-4-8-12-23/h3-16,18,20,26H,17,19H2,1-2H3,(H,31,33)(H,32,34)/b25-18-/t26-/m1/s1. The second kappa shape index (κ2) is 13.4. The fourth-order valence-corrected chi connectivity index (χ4v) is 3.68. The maximum absolute atomic E-state index is 13.3. The highest BCUT2D eigenvalue weighted by molar-refractivity contribution is 9.10. The number of nitrogens with one attached hydrogen (secondary N) is 2. The lowest BCUT2D eigenvalue weighted by atomic mass is 10.0. The van der Waals surface area contributed by atoms with Crippen molar-refractivity contribution in [3.63, 3.8) is 0 Å². The number of rotatable bonds is 10. The monoisotopic (exact) mass is 548 g/mol. The van der Waals surface area contributed by atoms with E-state index in [1.807, 2.05) is 68.4 Å². The summed E-state index contributed by atoms with van der Waals surface area (Å²) in [7, 11) is 0. The van der Waals surface area contributed by atoms with Crippen LogP contribution in [0.4, 0.5) is 0 Å². The number of ether oxygens (including phenoxy) is 1. The van der Waals surface area contributed by atoms with E-state index < -0.39 is 23.8 Å². The summed E-state index contributed by atoms with van der Waals surface area (Å²) in [6, 6.07) is 24.4. The van der Waals surface area contributed by atoms with Crippen molar-refractivity contribution in [2.45, 2.75) is 32.9 Å². The molecule has 0 heterocycles. The van der Waals surface area contributed by atoms with E-state index in [1.165, 1.54) is 0 Å². The lowest BCUT2D eigenvalue weighted by molar-refractivity contribution is -0.149. The van der Waals surface area contributed by atoms with Crippen molar-refractivity contribution in [1.29, 1.82) is 0 Å². The van der Waals surface area contributed by atoms with Crippen LogP contribution in [0.1, 0.15) is 41.8 Å². The lowest BCUT2D eigenvalue weighted by Gasteiger charge is -2.20. The van der Waals surface area contributed by atoms with Gasteiger partial charge in [0.2, 0.25) is 0 Å². The van der Waals surface area contributed by atoms with Crippen molar-refractivity contribution < 1.29 is 19.1 Å². The largest absolute Gasteiger partial charge is 0.459 e. The molecule has 6 nitrogen and oxygen atoms in total. The third-order valence-electron chi connectivity index (χ3n) is 5.23. The molecule has 3 aromatic carbocycles. The van der Waals surface area contributed by atoms with Gasteiger partial charge in [0.25, 0.3) is 11.8 Å². The maximum atomic E-state index is 13.3. The lowest BCUT2D eigenvalue weighted by Crippen LogP contribution is -2.45. The first kappa shape index (κ1) is 26.9. The Bertz CT molecular complexity index is 1190. The van der Waals surface area contributed by atoms with E-state index in [9.17, 15) is 14.4 Å². The molecule has 0 aliphatic heterocycles. The smallest absolute Gasteiger partial charge is 0.328 e. The fourth-order valence-electron chi connectivity index (χ4n) is 3.42. The first-order chi connectivity index (χ1) is 17.3. The summed E-state index contributed by atoms with van der Waals surface area (Å²) < 4.78 is 6.37. The van der Waals surface area contributed by atoms with E-state index in [1.54, 1.807) is 36.4 Å². The number of esters is 1. The van der Waals surface area contributed by atoms with Gasteiger partial charge in [-0.2, -0.15) is 0 Å². The molecule has 2 amide bonds. The van der Waals surface area contributed by atoms with Crippen LogP contribution < -0.4 is 10.6 Å². The number of hydrogen-bond acceptors (Lipinski definition) is 4. The summed E-state index contributed by atoms with van der Waals surface area (Å²) in [5.41, 5.74) is 2.00. The van der Waals surface area contributed by atoms with Crippen LogP contribution in [0.3, 0.4) is 0 Å². The van der Waals surface area contributed by atoms with Gasteiger partial charge in [0.05, 0.1) is 0 Å². The zero-order valence-electron chi connectivity index (χ0n) is 20.2. The molecule has 0 bridgehead atoms. The molecule has 0 aliphatic rings. The van der Waals surface area contributed by atoms with Crippen molar-refractivity contribution in [3.05, 3.63) is 112 Å². The molecule has 0 aliphatic carbocycles. The molecule has 3 rings (SSSR count). The minimum absolute atomic E-state index is 0.0239. The predicted molar refractivity (Wildman–Crippen MR) is 144 cm³/mol. The van der Waals surface area contributed by atoms with Crippen LogP contribution in [0, 0.1) is 5.92 Å². The quantitative estimate of drug-likeness (QED) is 0.259. The Morgan fingerprint density at radius 2 is 1.50 bits per heavy atom. The molecule has 0 radical (unpaired) electrons. The molecular weight excluding hydrogens is 520 g/mol. The molecule has 7 heteroatoms. The van der Waals surface area contributed by atoms with Gasteiger partial charge in [0, 0.05) is 10.0 Å². The molecule has 2 N–H and O–H groups in total. The summed E-state index contributed by atoms with van der Waals surface area (Å²) in [6.45, 7) is 4.02. The van der Waals surface area contributed by atoms with Gasteiger partial charge in [-0.05, 0) is 53.8 Å². The Balaban J connectivity index is 1.80. The zero-order chi connectivity index (χ0) is 25.9. The van der Waals surface area contributed by atoms with E-state index in [0.717, 1.165) is 10.0 Å². The topological polar surface area (TPSA) is 84.5 Å². The molecule has 0 unspecified atom stereocenters. The van der Waals surface area contributed by atoms with Crippen molar-refractivity contribution in [2.75, 3.05) is 0 Å². The van der Waals surface area contributed by atoms with E-state index in [2.05, 4.69) is 26.6 Å². The van der Waals surface area contributed by atoms with Crippen molar-refractivity contribution in [2.24, 2.45) is 5.92 Å². The minimum Gasteiger partial charge on any atom is -0.459 e. The summed E-state index contributed by atoms with van der Waals surface area (Å²) >= 11 is 3.39. The Morgan fingerprint density at radius 3 is 2.11 bits per heavy atom. The minimum atomic E-state index is -0.872. The van der Waals surface area contributed by atoms with Gasteiger partial charge >= 0.3 is 5.97 Å². The highest BCUT2D eigenvalue weighted by Gasteiger charge is 2.26. The third-order valence-corrected chi connectivity index (χ3v) is 5.76. The molecule has 0 aromatic heterocycles. The molecule has 0 saturated carbocycles. The highest BCUT2D eigenvalue weighted by atomic mass is 79.9.